The lowest BCUT2D eigenvalue weighted by atomic mass is 9.82. The van der Waals surface area contributed by atoms with Crippen molar-refractivity contribution in [2.24, 2.45) is 5.41 Å². The van der Waals surface area contributed by atoms with E-state index in [1.165, 1.54) is 17.5 Å². The molecule has 0 unspecified atom stereocenters. The second kappa shape index (κ2) is 6.95. The van der Waals surface area contributed by atoms with Crippen molar-refractivity contribution >= 4 is 11.9 Å². The Kier molecular flexibility index (Phi) is 5.22. The topological polar surface area (TPSA) is 66.4 Å². The van der Waals surface area contributed by atoms with Crippen LogP contribution < -0.4 is 5.32 Å². The molecule has 1 aromatic carbocycles. The molecule has 4 nitrogen and oxygen atoms in total. The van der Waals surface area contributed by atoms with Crippen LogP contribution in [0.3, 0.4) is 0 Å². The van der Waals surface area contributed by atoms with Gasteiger partial charge in [-0.1, -0.05) is 32.0 Å². The molecular weight excluding hydrogens is 278 g/mol. The maximum Gasteiger partial charge on any atom is 0.311 e. The van der Waals surface area contributed by atoms with Gasteiger partial charge in [-0.05, 0) is 48.8 Å². The summed E-state index contributed by atoms with van der Waals surface area (Å²) in [5, 5.41) is 12.2. The largest absolute Gasteiger partial charge is 0.481 e. The van der Waals surface area contributed by atoms with E-state index in [2.05, 4.69) is 17.4 Å². The molecule has 0 aliphatic heterocycles. The highest BCUT2D eigenvalue weighted by Gasteiger charge is 2.35. The first-order chi connectivity index (χ1) is 10.5. The third-order valence-electron chi connectivity index (χ3n) is 4.96. The van der Waals surface area contributed by atoms with E-state index in [0.717, 1.165) is 18.4 Å². The third-order valence-corrected chi connectivity index (χ3v) is 4.96. The molecule has 1 amide bonds. The Balaban J connectivity index is 1.94. The fraction of sp³-hybridized carbons (Fsp3) is 0.556. The fourth-order valence-electron chi connectivity index (χ4n) is 3.13. The Morgan fingerprint density at radius 2 is 1.86 bits per heavy atom. The van der Waals surface area contributed by atoms with Crippen molar-refractivity contribution in [1.82, 2.24) is 5.32 Å². The minimum Gasteiger partial charge on any atom is -0.481 e. The average molecular weight is 303 g/mol. The number of carboxylic acids is 1. The lowest BCUT2D eigenvalue weighted by Gasteiger charge is -2.26. The van der Waals surface area contributed by atoms with E-state index in [9.17, 15) is 14.7 Å². The van der Waals surface area contributed by atoms with Crippen molar-refractivity contribution in [2.75, 3.05) is 6.54 Å². The summed E-state index contributed by atoms with van der Waals surface area (Å²) >= 11 is 0. The van der Waals surface area contributed by atoms with Crippen LogP contribution in [0.2, 0.25) is 0 Å². The monoisotopic (exact) mass is 303 g/mol. The first-order valence-corrected chi connectivity index (χ1v) is 8.11. The molecule has 22 heavy (non-hydrogen) atoms. The maximum atomic E-state index is 12.1. The molecule has 2 rings (SSSR count). The molecule has 0 heterocycles. The van der Waals surface area contributed by atoms with Gasteiger partial charge in [0.25, 0.3) is 0 Å². The van der Waals surface area contributed by atoms with Crippen molar-refractivity contribution in [3.05, 3.63) is 34.9 Å². The maximum absolute atomic E-state index is 12.1. The minimum atomic E-state index is -0.854. The quantitative estimate of drug-likeness (QED) is 0.814. The molecule has 120 valence electrons. The minimum absolute atomic E-state index is 0.106. The summed E-state index contributed by atoms with van der Waals surface area (Å²) < 4.78 is 0. The number of nitrogens with one attached hydrogen (secondary N) is 1. The van der Waals surface area contributed by atoms with Gasteiger partial charge in [-0.3, -0.25) is 9.59 Å². The predicted octanol–water partition coefficient (Wildman–Crippen LogP) is 2.73. The molecule has 0 radical (unpaired) electrons. The van der Waals surface area contributed by atoms with E-state index in [0.29, 0.717) is 19.3 Å². The number of hydrogen-bond donors (Lipinski definition) is 2. The smallest absolute Gasteiger partial charge is 0.311 e. The molecule has 0 saturated carbocycles. The van der Waals surface area contributed by atoms with Gasteiger partial charge in [-0.2, -0.15) is 0 Å². The second-order valence-corrected chi connectivity index (χ2v) is 6.20. The van der Waals surface area contributed by atoms with Crippen LogP contribution in [-0.4, -0.2) is 23.5 Å². The highest BCUT2D eigenvalue weighted by atomic mass is 16.4. The number of amides is 1. The number of hydrogen-bond acceptors (Lipinski definition) is 2. The van der Waals surface area contributed by atoms with E-state index in [4.69, 9.17) is 0 Å². The van der Waals surface area contributed by atoms with Gasteiger partial charge in [0.15, 0.2) is 0 Å². The van der Waals surface area contributed by atoms with Gasteiger partial charge in [0.1, 0.15) is 0 Å². The SMILES string of the molecule is CCC(CC)(CNC(=O)Cc1ccc2c(c1)CCC2)C(=O)O. The van der Waals surface area contributed by atoms with Crippen LogP contribution >= 0.6 is 0 Å². The normalized spacial score (nSPS) is 13.7. The van der Waals surface area contributed by atoms with Crippen LogP contribution in [0.4, 0.5) is 0 Å². The molecule has 1 aliphatic carbocycles. The van der Waals surface area contributed by atoms with Gasteiger partial charge >= 0.3 is 5.97 Å². The molecule has 1 aliphatic rings. The Hall–Kier alpha value is -1.84. The molecule has 0 saturated heterocycles. The first kappa shape index (κ1) is 16.5. The lowest BCUT2D eigenvalue weighted by molar-refractivity contribution is -0.149. The van der Waals surface area contributed by atoms with Crippen molar-refractivity contribution in [3.8, 4) is 0 Å². The zero-order chi connectivity index (χ0) is 16.2. The van der Waals surface area contributed by atoms with Crippen LogP contribution in [0.25, 0.3) is 0 Å². The predicted molar refractivity (Wildman–Crippen MR) is 85.8 cm³/mol. The van der Waals surface area contributed by atoms with Gasteiger partial charge in [0.2, 0.25) is 5.91 Å². The van der Waals surface area contributed by atoms with Crippen molar-refractivity contribution in [2.45, 2.75) is 52.4 Å². The van der Waals surface area contributed by atoms with E-state index in [1.807, 2.05) is 19.9 Å². The number of carbonyl (C=O) groups excluding carboxylic acids is 1. The van der Waals surface area contributed by atoms with Crippen LogP contribution in [0.15, 0.2) is 18.2 Å². The summed E-state index contributed by atoms with van der Waals surface area (Å²) in [7, 11) is 0. The first-order valence-electron chi connectivity index (χ1n) is 8.11. The van der Waals surface area contributed by atoms with Gasteiger partial charge in [-0.25, -0.2) is 0 Å². The standard InChI is InChI=1S/C18H25NO3/c1-3-18(4-2,17(21)22)12-19-16(20)11-13-8-9-14-6-5-7-15(14)10-13/h8-10H,3-7,11-12H2,1-2H3,(H,19,20)(H,21,22). The highest BCUT2D eigenvalue weighted by Crippen LogP contribution is 2.26. The number of carbonyl (C=O) groups is 2. The van der Waals surface area contributed by atoms with E-state index >= 15 is 0 Å². The number of carboxylic acid groups (broad SMARTS) is 1. The Morgan fingerprint density at radius 3 is 2.50 bits per heavy atom. The summed E-state index contributed by atoms with van der Waals surface area (Å²) in [6.45, 7) is 3.90. The van der Waals surface area contributed by atoms with Crippen LogP contribution in [0, 0.1) is 5.41 Å². The Bertz CT molecular complexity index is 561. The average Bonchev–Trinajstić information content (AvgIpc) is 2.96. The summed E-state index contributed by atoms with van der Waals surface area (Å²) in [5.41, 5.74) is 2.90. The zero-order valence-corrected chi connectivity index (χ0v) is 13.4. The van der Waals surface area contributed by atoms with Crippen LogP contribution in [0.5, 0.6) is 0 Å². The van der Waals surface area contributed by atoms with Gasteiger partial charge in [0.05, 0.1) is 11.8 Å². The summed E-state index contributed by atoms with van der Waals surface area (Å²) in [4.78, 5) is 23.5. The van der Waals surface area contributed by atoms with E-state index in [-0.39, 0.29) is 12.5 Å². The highest BCUT2D eigenvalue weighted by molar-refractivity contribution is 5.80. The number of fused-ring (bicyclic) bond motifs is 1. The van der Waals surface area contributed by atoms with Gasteiger partial charge in [-0.15, -0.1) is 0 Å². The summed E-state index contributed by atoms with van der Waals surface area (Å²) in [6, 6.07) is 6.24. The summed E-state index contributed by atoms with van der Waals surface area (Å²) in [5.74, 6) is -0.944. The molecule has 0 spiro atoms. The number of aryl methyl sites for hydroxylation is 2. The van der Waals surface area contributed by atoms with Crippen molar-refractivity contribution < 1.29 is 14.7 Å². The molecule has 0 aromatic heterocycles. The third kappa shape index (κ3) is 3.49. The Labute approximate surface area is 131 Å². The summed E-state index contributed by atoms with van der Waals surface area (Å²) in [6.07, 6.45) is 4.76. The van der Waals surface area contributed by atoms with Gasteiger partial charge in [0, 0.05) is 6.54 Å². The molecule has 2 N–H and O–H groups in total. The van der Waals surface area contributed by atoms with Crippen LogP contribution in [-0.2, 0) is 28.9 Å². The molecular formula is C18H25NO3. The molecule has 4 heteroatoms. The van der Waals surface area contributed by atoms with Gasteiger partial charge < -0.3 is 10.4 Å². The molecule has 1 aromatic rings. The number of rotatable bonds is 7. The van der Waals surface area contributed by atoms with Crippen molar-refractivity contribution in [3.63, 3.8) is 0 Å². The number of aliphatic carboxylic acids is 1. The fourth-order valence-corrected chi connectivity index (χ4v) is 3.13. The Morgan fingerprint density at radius 1 is 1.18 bits per heavy atom. The van der Waals surface area contributed by atoms with E-state index < -0.39 is 11.4 Å². The van der Waals surface area contributed by atoms with Crippen molar-refractivity contribution in [1.29, 1.82) is 0 Å². The molecule has 0 fully saturated rings. The molecule has 0 bridgehead atoms. The second-order valence-electron chi connectivity index (χ2n) is 6.20. The van der Waals surface area contributed by atoms with E-state index in [1.54, 1.807) is 0 Å². The lowest BCUT2D eigenvalue weighted by Crippen LogP contribution is -2.42. The number of benzene rings is 1. The zero-order valence-electron chi connectivity index (χ0n) is 13.4. The van der Waals surface area contributed by atoms with Crippen LogP contribution in [0.1, 0.15) is 49.8 Å². The molecule has 0 atom stereocenters.